The lowest BCUT2D eigenvalue weighted by Crippen LogP contribution is -1.99. The summed E-state index contributed by atoms with van der Waals surface area (Å²) in [5.74, 6) is -0.295. The van der Waals surface area contributed by atoms with Crippen molar-refractivity contribution in [3.8, 4) is 0 Å². The highest BCUT2D eigenvalue weighted by molar-refractivity contribution is 14.1. The van der Waals surface area contributed by atoms with Crippen molar-refractivity contribution in [3.05, 3.63) is 18.3 Å². The number of methoxy groups -OCH3 is 1. The van der Waals surface area contributed by atoms with E-state index in [9.17, 15) is 4.79 Å². The van der Waals surface area contributed by atoms with Crippen molar-refractivity contribution in [2.45, 2.75) is 0 Å². The first-order valence-electron chi connectivity index (χ1n) is 2.67. The molecule has 0 N–H and O–H groups in total. The highest BCUT2D eigenvalue weighted by Crippen LogP contribution is 2.29. The van der Waals surface area contributed by atoms with E-state index in [2.05, 4.69) is 43.3 Å². The predicted octanol–water partition coefficient (Wildman–Crippen LogP) is 2.90. The highest BCUT2D eigenvalue weighted by Gasteiger charge is 2.13. The van der Waals surface area contributed by atoms with Crippen LogP contribution in [0, 0.1) is 2.88 Å². The Kier molecular flexibility index (Phi) is 3.32. The Morgan fingerprint density at radius 1 is 1.82 bits per heavy atom. The Morgan fingerprint density at radius 2 is 2.45 bits per heavy atom. The lowest BCUT2D eigenvalue weighted by atomic mass is 10.3. The molecule has 0 saturated carbocycles. The summed E-state index contributed by atoms with van der Waals surface area (Å²) in [6.07, 6.45) is 0. The second-order valence-electron chi connectivity index (χ2n) is 1.73. The van der Waals surface area contributed by atoms with Crippen molar-refractivity contribution in [2.24, 2.45) is 0 Å². The topological polar surface area (TPSA) is 26.3 Å². The second-order valence-corrected chi connectivity index (χ2v) is 5.21. The summed E-state index contributed by atoms with van der Waals surface area (Å²) in [7, 11) is 1.37. The molecule has 0 radical (unpaired) electrons. The quantitative estimate of drug-likeness (QED) is 0.577. The normalized spacial score (nSPS) is 9.73. The minimum Gasteiger partial charge on any atom is -0.465 e. The zero-order chi connectivity index (χ0) is 8.43. The van der Waals surface area contributed by atoms with Crippen LogP contribution in [0.15, 0.2) is 9.85 Å². The minimum absolute atomic E-state index is 0.295. The van der Waals surface area contributed by atoms with Crippen LogP contribution in [0.3, 0.4) is 0 Å². The van der Waals surface area contributed by atoms with Gasteiger partial charge in [-0.05, 0) is 38.5 Å². The molecule has 0 aliphatic rings. The summed E-state index contributed by atoms with van der Waals surface area (Å²) in [4.78, 5) is 11.0. The molecular weight excluding hydrogens is 343 g/mol. The number of carbonyl (C=O) groups is 1. The van der Waals surface area contributed by atoms with Crippen LogP contribution in [0.2, 0.25) is 0 Å². The molecule has 60 valence electrons. The number of halogens is 2. The summed E-state index contributed by atoms with van der Waals surface area (Å²) < 4.78 is 6.45. The van der Waals surface area contributed by atoms with Gasteiger partial charge in [0.15, 0.2) is 0 Å². The molecule has 11 heavy (non-hydrogen) atoms. The maximum atomic E-state index is 11.0. The van der Waals surface area contributed by atoms with Crippen LogP contribution in [-0.2, 0) is 4.74 Å². The lowest BCUT2D eigenvalue weighted by molar-refractivity contribution is 0.0600. The minimum atomic E-state index is -0.295. The van der Waals surface area contributed by atoms with E-state index < -0.39 is 0 Å². The van der Waals surface area contributed by atoms with Gasteiger partial charge in [0.2, 0.25) is 0 Å². The number of hydrogen-bond acceptors (Lipinski definition) is 3. The molecule has 0 amide bonds. The first kappa shape index (κ1) is 9.47. The summed E-state index contributed by atoms with van der Waals surface area (Å²) in [5.41, 5.74) is 0.599. The van der Waals surface area contributed by atoms with E-state index in [0.717, 1.165) is 7.36 Å². The maximum absolute atomic E-state index is 11.0. The zero-order valence-corrected chi connectivity index (χ0v) is 10.1. The Morgan fingerprint density at radius 3 is 2.82 bits per heavy atom. The van der Waals surface area contributed by atoms with Gasteiger partial charge in [-0.3, -0.25) is 0 Å². The smallest absolute Gasteiger partial charge is 0.339 e. The van der Waals surface area contributed by atoms with Gasteiger partial charge in [0.25, 0.3) is 0 Å². The Balaban J connectivity index is 3.04. The SMILES string of the molecule is COC(=O)c1csc(I)c1Br. The van der Waals surface area contributed by atoms with Crippen LogP contribution < -0.4 is 0 Å². The molecule has 0 atom stereocenters. The number of hydrogen-bond donors (Lipinski definition) is 0. The summed E-state index contributed by atoms with van der Waals surface area (Å²) >= 11 is 6.97. The third-order valence-corrected chi connectivity index (χ3v) is 4.99. The van der Waals surface area contributed by atoms with E-state index in [1.54, 1.807) is 5.38 Å². The molecule has 0 aliphatic carbocycles. The molecule has 1 heterocycles. The fraction of sp³-hybridized carbons (Fsp3) is 0.167. The van der Waals surface area contributed by atoms with Crippen molar-refractivity contribution >= 4 is 55.8 Å². The first-order chi connectivity index (χ1) is 5.16. The molecule has 2 nitrogen and oxygen atoms in total. The predicted molar refractivity (Wildman–Crippen MR) is 56.1 cm³/mol. The Hall–Kier alpha value is 0.380. The van der Waals surface area contributed by atoms with Gasteiger partial charge in [0, 0.05) is 5.38 Å². The van der Waals surface area contributed by atoms with Gasteiger partial charge in [-0.25, -0.2) is 4.79 Å². The molecule has 0 aliphatic heterocycles. The molecule has 1 aromatic heterocycles. The van der Waals surface area contributed by atoms with E-state index >= 15 is 0 Å². The highest BCUT2D eigenvalue weighted by atomic mass is 127. The molecule has 0 spiro atoms. The second kappa shape index (κ2) is 3.86. The van der Waals surface area contributed by atoms with Crippen LogP contribution in [0.5, 0.6) is 0 Å². The van der Waals surface area contributed by atoms with E-state index in [1.807, 2.05) is 0 Å². The van der Waals surface area contributed by atoms with Gasteiger partial charge in [0.05, 0.1) is 20.0 Å². The van der Waals surface area contributed by atoms with Crippen LogP contribution in [0.25, 0.3) is 0 Å². The molecule has 1 rings (SSSR count). The molecule has 0 unspecified atom stereocenters. The van der Waals surface area contributed by atoms with Crippen molar-refractivity contribution in [1.82, 2.24) is 0 Å². The number of thiophene rings is 1. The average molecular weight is 347 g/mol. The number of carbonyl (C=O) groups excluding carboxylic acids is 1. The largest absolute Gasteiger partial charge is 0.465 e. The maximum Gasteiger partial charge on any atom is 0.339 e. The van der Waals surface area contributed by atoms with Gasteiger partial charge >= 0.3 is 5.97 Å². The monoisotopic (exact) mass is 346 g/mol. The third kappa shape index (κ3) is 1.94. The molecular formula is C6H4BrIO2S. The van der Waals surface area contributed by atoms with Crippen molar-refractivity contribution in [3.63, 3.8) is 0 Å². The average Bonchev–Trinajstić information content (AvgIpc) is 2.32. The lowest BCUT2D eigenvalue weighted by Gasteiger charge is -1.94. The van der Waals surface area contributed by atoms with Gasteiger partial charge in [-0.2, -0.15) is 0 Å². The Bertz CT molecular complexity index is 284. The van der Waals surface area contributed by atoms with Crippen LogP contribution in [0.1, 0.15) is 10.4 Å². The van der Waals surface area contributed by atoms with Gasteiger partial charge in [-0.15, -0.1) is 11.3 Å². The Labute approximate surface area is 90.2 Å². The molecule has 0 fully saturated rings. The van der Waals surface area contributed by atoms with Gasteiger partial charge < -0.3 is 4.74 Å². The number of ether oxygens (including phenoxy) is 1. The van der Waals surface area contributed by atoms with Crippen molar-refractivity contribution < 1.29 is 9.53 Å². The first-order valence-corrected chi connectivity index (χ1v) is 5.42. The van der Waals surface area contributed by atoms with E-state index in [1.165, 1.54) is 18.4 Å². The number of esters is 1. The third-order valence-electron chi connectivity index (χ3n) is 1.09. The molecule has 5 heteroatoms. The standard InChI is InChI=1S/C6H4BrIO2S/c1-10-6(9)3-2-11-5(8)4(3)7/h2H,1H3. The van der Waals surface area contributed by atoms with E-state index in [-0.39, 0.29) is 5.97 Å². The molecule has 0 bridgehead atoms. The summed E-state index contributed by atoms with van der Waals surface area (Å²) in [6, 6.07) is 0. The molecule has 0 aromatic carbocycles. The molecule has 0 saturated heterocycles. The zero-order valence-electron chi connectivity index (χ0n) is 5.56. The van der Waals surface area contributed by atoms with Crippen LogP contribution in [0.4, 0.5) is 0 Å². The van der Waals surface area contributed by atoms with Crippen molar-refractivity contribution in [1.29, 1.82) is 0 Å². The number of rotatable bonds is 1. The molecule has 1 aromatic rings. The fourth-order valence-corrected chi connectivity index (χ4v) is 2.60. The fourth-order valence-electron chi connectivity index (χ4n) is 0.568. The van der Waals surface area contributed by atoms with E-state index in [4.69, 9.17) is 0 Å². The van der Waals surface area contributed by atoms with Gasteiger partial charge in [-0.1, -0.05) is 0 Å². The summed E-state index contributed by atoms with van der Waals surface area (Å²) in [6.45, 7) is 0. The van der Waals surface area contributed by atoms with E-state index in [0.29, 0.717) is 5.56 Å². The summed E-state index contributed by atoms with van der Waals surface area (Å²) in [5, 5.41) is 1.78. The van der Waals surface area contributed by atoms with Crippen LogP contribution in [-0.4, -0.2) is 13.1 Å². The van der Waals surface area contributed by atoms with Gasteiger partial charge in [0.1, 0.15) is 0 Å². The van der Waals surface area contributed by atoms with Crippen molar-refractivity contribution in [2.75, 3.05) is 7.11 Å². The van der Waals surface area contributed by atoms with Crippen LogP contribution >= 0.6 is 49.9 Å².